The van der Waals surface area contributed by atoms with Crippen molar-refractivity contribution < 1.29 is 4.74 Å². The number of aromatic amines is 1. The largest absolute Gasteiger partial charge is 0.438 e. The molecule has 0 radical (unpaired) electrons. The van der Waals surface area contributed by atoms with Gasteiger partial charge in [-0.1, -0.05) is 12.1 Å². The number of hydrogen-bond donors (Lipinski definition) is 1. The summed E-state index contributed by atoms with van der Waals surface area (Å²) in [7, 11) is 0. The maximum absolute atomic E-state index is 5.98. The van der Waals surface area contributed by atoms with Gasteiger partial charge in [0.05, 0.1) is 6.20 Å². The predicted octanol–water partition coefficient (Wildman–Crippen LogP) is 3.72. The fourth-order valence-electron chi connectivity index (χ4n) is 2.04. The van der Waals surface area contributed by atoms with Gasteiger partial charge in [-0.3, -0.25) is 5.10 Å². The minimum atomic E-state index is 0.125. The van der Waals surface area contributed by atoms with E-state index in [1.54, 1.807) is 6.20 Å². The van der Waals surface area contributed by atoms with Crippen LogP contribution < -0.4 is 4.74 Å². The van der Waals surface area contributed by atoms with E-state index in [-0.39, 0.29) is 5.28 Å². The van der Waals surface area contributed by atoms with Crippen LogP contribution in [0.2, 0.25) is 5.28 Å². The number of fused-ring (bicyclic) bond motifs is 1. The van der Waals surface area contributed by atoms with Gasteiger partial charge in [0.15, 0.2) is 5.65 Å². The average Bonchev–Trinajstić information content (AvgIpc) is 2.87. The summed E-state index contributed by atoms with van der Waals surface area (Å²) in [6.07, 6.45) is 1.63. The number of H-pyrrole nitrogens is 1. The lowest BCUT2D eigenvalue weighted by Gasteiger charge is -2.13. The van der Waals surface area contributed by atoms with Crippen molar-refractivity contribution in [3.8, 4) is 11.6 Å². The van der Waals surface area contributed by atoms with E-state index in [1.807, 2.05) is 26.8 Å². The Bertz CT molecular complexity index is 797. The molecule has 0 aliphatic carbocycles. The van der Waals surface area contributed by atoms with E-state index in [0.29, 0.717) is 16.9 Å². The molecule has 1 aromatic carbocycles. The zero-order valence-electron chi connectivity index (χ0n) is 11.4. The van der Waals surface area contributed by atoms with Crippen LogP contribution in [0.5, 0.6) is 11.6 Å². The Hall–Kier alpha value is -2.14. The monoisotopic (exact) mass is 288 g/mol. The van der Waals surface area contributed by atoms with Crippen LogP contribution in [0.15, 0.2) is 18.3 Å². The highest BCUT2D eigenvalue weighted by molar-refractivity contribution is 6.28. The fourth-order valence-corrected chi connectivity index (χ4v) is 2.20. The van der Waals surface area contributed by atoms with E-state index in [4.69, 9.17) is 16.3 Å². The minimum Gasteiger partial charge on any atom is -0.438 e. The standard InChI is InChI=1S/C14H13ClN4O/c1-7-4-5-8(2)11(9(7)3)20-13-10-6-16-19-12(10)17-14(15)18-13/h4-6H,1-3H3,(H,16,17,18,19). The third kappa shape index (κ3) is 2.10. The maximum atomic E-state index is 5.98. The summed E-state index contributed by atoms with van der Waals surface area (Å²) < 4.78 is 5.98. The summed E-state index contributed by atoms with van der Waals surface area (Å²) >= 11 is 5.91. The number of aromatic nitrogens is 4. The van der Waals surface area contributed by atoms with Crippen molar-refractivity contribution in [1.82, 2.24) is 20.2 Å². The number of halogens is 1. The Morgan fingerprint density at radius 3 is 2.65 bits per heavy atom. The third-order valence-corrected chi connectivity index (χ3v) is 3.49. The second-order valence-corrected chi connectivity index (χ2v) is 5.02. The molecule has 0 fully saturated rings. The van der Waals surface area contributed by atoms with E-state index in [1.165, 1.54) is 0 Å². The van der Waals surface area contributed by atoms with Crippen LogP contribution >= 0.6 is 11.6 Å². The van der Waals surface area contributed by atoms with Gasteiger partial charge in [0.1, 0.15) is 11.1 Å². The van der Waals surface area contributed by atoms with Crippen LogP contribution in [-0.4, -0.2) is 20.2 Å². The summed E-state index contributed by atoms with van der Waals surface area (Å²) in [6.45, 7) is 6.06. The topological polar surface area (TPSA) is 63.7 Å². The Labute approximate surface area is 121 Å². The molecule has 0 aliphatic heterocycles. The van der Waals surface area contributed by atoms with Crippen molar-refractivity contribution in [3.05, 3.63) is 40.3 Å². The second-order valence-electron chi connectivity index (χ2n) is 4.69. The van der Waals surface area contributed by atoms with E-state index in [2.05, 4.69) is 26.2 Å². The number of nitrogens with zero attached hydrogens (tertiary/aromatic N) is 3. The molecule has 2 heterocycles. The van der Waals surface area contributed by atoms with Crippen molar-refractivity contribution in [3.63, 3.8) is 0 Å². The summed E-state index contributed by atoms with van der Waals surface area (Å²) in [5, 5.41) is 7.53. The first kappa shape index (κ1) is 12.9. The van der Waals surface area contributed by atoms with E-state index in [0.717, 1.165) is 22.4 Å². The SMILES string of the molecule is Cc1ccc(C)c(Oc2nc(Cl)nc3[nH]ncc23)c1C. The normalized spacial score (nSPS) is 11.0. The number of aryl methyl sites for hydroxylation is 2. The van der Waals surface area contributed by atoms with Gasteiger partial charge in [0, 0.05) is 0 Å². The molecule has 3 rings (SSSR count). The molecule has 0 saturated carbocycles. The van der Waals surface area contributed by atoms with Crippen molar-refractivity contribution in [2.45, 2.75) is 20.8 Å². The van der Waals surface area contributed by atoms with Crippen LogP contribution in [0.25, 0.3) is 11.0 Å². The molecule has 0 aliphatic rings. The molecule has 6 heteroatoms. The lowest BCUT2D eigenvalue weighted by Crippen LogP contribution is -1.97. The van der Waals surface area contributed by atoms with Crippen molar-refractivity contribution in [1.29, 1.82) is 0 Å². The molecule has 20 heavy (non-hydrogen) atoms. The van der Waals surface area contributed by atoms with E-state index in [9.17, 15) is 0 Å². The van der Waals surface area contributed by atoms with Crippen molar-refractivity contribution >= 4 is 22.6 Å². The highest BCUT2D eigenvalue weighted by atomic mass is 35.5. The third-order valence-electron chi connectivity index (χ3n) is 3.32. The quantitative estimate of drug-likeness (QED) is 0.730. The Balaban J connectivity index is 2.14. The number of ether oxygens (including phenoxy) is 1. The van der Waals surface area contributed by atoms with E-state index >= 15 is 0 Å². The Morgan fingerprint density at radius 2 is 1.85 bits per heavy atom. The van der Waals surface area contributed by atoms with Gasteiger partial charge >= 0.3 is 0 Å². The molecule has 102 valence electrons. The molecule has 0 spiro atoms. The van der Waals surface area contributed by atoms with Crippen LogP contribution in [0.1, 0.15) is 16.7 Å². The molecule has 0 unspecified atom stereocenters. The average molecular weight is 289 g/mol. The van der Waals surface area contributed by atoms with Gasteiger partial charge in [-0.2, -0.15) is 15.1 Å². The Morgan fingerprint density at radius 1 is 1.10 bits per heavy atom. The van der Waals surface area contributed by atoms with Crippen LogP contribution in [0.3, 0.4) is 0 Å². The van der Waals surface area contributed by atoms with Gasteiger partial charge in [0.25, 0.3) is 0 Å². The molecule has 3 aromatic rings. The fraction of sp³-hybridized carbons (Fsp3) is 0.214. The summed E-state index contributed by atoms with van der Waals surface area (Å²) in [6, 6.07) is 4.09. The summed E-state index contributed by atoms with van der Waals surface area (Å²) in [4.78, 5) is 8.21. The van der Waals surface area contributed by atoms with Gasteiger partial charge in [-0.25, -0.2) is 0 Å². The van der Waals surface area contributed by atoms with Crippen molar-refractivity contribution in [2.75, 3.05) is 0 Å². The molecular weight excluding hydrogens is 276 g/mol. The first-order valence-corrected chi connectivity index (χ1v) is 6.55. The number of rotatable bonds is 2. The molecule has 2 aromatic heterocycles. The highest BCUT2D eigenvalue weighted by Crippen LogP contribution is 2.33. The minimum absolute atomic E-state index is 0.125. The molecule has 5 nitrogen and oxygen atoms in total. The van der Waals surface area contributed by atoms with Crippen LogP contribution in [0.4, 0.5) is 0 Å². The molecule has 1 N–H and O–H groups in total. The van der Waals surface area contributed by atoms with Gasteiger partial charge in [-0.15, -0.1) is 0 Å². The first-order valence-electron chi connectivity index (χ1n) is 6.17. The number of hydrogen-bond acceptors (Lipinski definition) is 4. The molecule has 0 saturated heterocycles. The number of benzene rings is 1. The van der Waals surface area contributed by atoms with Gasteiger partial charge < -0.3 is 4.74 Å². The predicted molar refractivity (Wildman–Crippen MR) is 77.4 cm³/mol. The van der Waals surface area contributed by atoms with Crippen molar-refractivity contribution in [2.24, 2.45) is 0 Å². The highest BCUT2D eigenvalue weighted by Gasteiger charge is 2.14. The zero-order valence-corrected chi connectivity index (χ0v) is 12.1. The maximum Gasteiger partial charge on any atom is 0.234 e. The Kier molecular flexibility index (Phi) is 3.06. The smallest absolute Gasteiger partial charge is 0.234 e. The second kappa shape index (κ2) is 4.76. The summed E-state index contributed by atoms with van der Waals surface area (Å²) in [5.74, 6) is 1.20. The lowest BCUT2D eigenvalue weighted by molar-refractivity contribution is 0.461. The van der Waals surface area contributed by atoms with Gasteiger partial charge in [-0.05, 0) is 49.1 Å². The van der Waals surface area contributed by atoms with Crippen LogP contribution in [-0.2, 0) is 0 Å². The van der Waals surface area contributed by atoms with Crippen LogP contribution in [0, 0.1) is 20.8 Å². The first-order chi connectivity index (χ1) is 9.56. The van der Waals surface area contributed by atoms with E-state index < -0.39 is 0 Å². The molecule has 0 atom stereocenters. The summed E-state index contributed by atoms with van der Waals surface area (Å²) in [5.41, 5.74) is 3.84. The lowest BCUT2D eigenvalue weighted by atomic mass is 10.1. The zero-order chi connectivity index (χ0) is 14.3. The molecule has 0 bridgehead atoms. The van der Waals surface area contributed by atoms with Gasteiger partial charge in [0.2, 0.25) is 11.2 Å². The number of nitrogens with one attached hydrogen (secondary N) is 1. The molecule has 0 amide bonds. The molecular formula is C14H13ClN4O.